The Balaban J connectivity index is 3.93. The zero-order chi connectivity index (χ0) is 12.8. The third-order valence-electron chi connectivity index (χ3n) is 2.13. The number of carboxylic acids is 1. The summed E-state index contributed by atoms with van der Waals surface area (Å²) in [5.74, 6) is -0.499. The van der Waals surface area contributed by atoms with Crippen molar-refractivity contribution >= 4 is 5.97 Å². The fourth-order valence-electron chi connectivity index (χ4n) is 1.74. The maximum absolute atomic E-state index is 10.4. The van der Waals surface area contributed by atoms with E-state index in [0.717, 1.165) is 12.0 Å². The first-order valence-electron chi connectivity index (χ1n) is 5.56. The summed E-state index contributed by atoms with van der Waals surface area (Å²) in [6.45, 7) is 8.61. The van der Waals surface area contributed by atoms with Crippen LogP contribution in [0.4, 0.5) is 0 Å². The van der Waals surface area contributed by atoms with Crippen LogP contribution in [0.1, 0.15) is 34.1 Å². The van der Waals surface area contributed by atoms with Crippen molar-refractivity contribution in [3.8, 4) is 0 Å². The highest BCUT2D eigenvalue weighted by molar-refractivity contribution is 5.80. The molecule has 4 nitrogen and oxygen atoms in total. The van der Waals surface area contributed by atoms with Gasteiger partial charge in [0.25, 0.3) is 0 Å². The standard InChI is InChI=1S/C12H23NO3/c1-9(2)6-12(4,16)8-13-7-10(3)5-11(14)15/h5,9,13,16H,6-8H2,1-4H3,(H,14,15). The first kappa shape index (κ1) is 15.1. The van der Waals surface area contributed by atoms with E-state index < -0.39 is 11.6 Å². The van der Waals surface area contributed by atoms with Gasteiger partial charge in [0.1, 0.15) is 0 Å². The molecule has 0 bridgehead atoms. The Kier molecular flexibility index (Phi) is 6.29. The SMILES string of the molecule is CC(=CC(=O)O)CNCC(C)(O)CC(C)C. The van der Waals surface area contributed by atoms with Crippen molar-refractivity contribution in [2.24, 2.45) is 5.92 Å². The molecule has 0 rings (SSSR count). The number of rotatable bonds is 7. The van der Waals surface area contributed by atoms with Gasteiger partial charge in [0.05, 0.1) is 5.60 Å². The van der Waals surface area contributed by atoms with E-state index in [1.54, 1.807) is 13.8 Å². The van der Waals surface area contributed by atoms with Gasteiger partial charge >= 0.3 is 5.97 Å². The minimum absolute atomic E-state index is 0.437. The third-order valence-corrected chi connectivity index (χ3v) is 2.13. The van der Waals surface area contributed by atoms with Crippen LogP contribution in [0.15, 0.2) is 11.6 Å². The average Bonchev–Trinajstić information content (AvgIpc) is 1.98. The van der Waals surface area contributed by atoms with E-state index >= 15 is 0 Å². The van der Waals surface area contributed by atoms with Crippen LogP contribution in [-0.4, -0.2) is 34.9 Å². The molecule has 0 aromatic carbocycles. The molecule has 0 heterocycles. The fourth-order valence-corrected chi connectivity index (χ4v) is 1.74. The van der Waals surface area contributed by atoms with Crippen molar-refractivity contribution in [3.05, 3.63) is 11.6 Å². The zero-order valence-electron chi connectivity index (χ0n) is 10.6. The molecular formula is C12H23NO3. The monoisotopic (exact) mass is 229 g/mol. The molecule has 0 fully saturated rings. The molecule has 0 aromatic heterocycles. The maximum atomic E-state index is 10.4. The second-order valence-corrected chi connectivity index (χ2v) is 5.03. The first-order valence-corrected chi connectivity index (χ1v) is 5.56. The third kappa shape index (κ3) is 8.44. The second-order valence-electron chi connectivity index (χ2n) is 5.03. The molecule has 1 atom stereocenters. The van der Waals surface area contributed by atoms with Gasteiger partial charge in [-0.1, -0.05) is 19.4 Å². The Hall–Kier alpha value is -0.870. The fraction of sp³-hybridized carbons (Fsp3) is 0.750. The molecule has 0 aliphatic rings. The van der Waals surface area contributed by atoms with Gasteiger partial charge in [-0.2, -0.15) is 0 Å². The van der Waals surface area contributed by atoms with Gasteiger partial charge in [-0.15, -0.1) is 0 Å². The smallest absolute Gasteiger partial charge is 0.328 e. The number of hydrogen-bond acceptors (Lipinski definition) is 3. The van der Waals surface area contributed by atoms with Gasteiger partial charge in [0.15, 0.2) is 0 Å². The first-order chi connectivity index (χ1) is 7.23. The molecular weight excluding hydrogens is 206 g/mol. The van der Waals surface area contributed by atoms with Crippen LogP contribution in [0.5, 0.6) is 0 Å². The normalized spacial score (nSPS) is 16.2. The number of carbonyl (C=O) groups is 1. The molecule has 0 spiro atoms. The number of carboxylic acid groups (broad SMARTS) is 1. The van der Waals surface area contributed by atoms with Gasteiger partial charge in [-0.05, 0) is 26.2 Å². The molecule has 0 saturated heterocycles. The molecule has 3 N–H and O–H groups in total. The predicted molar refractivity (Wildman–Crippen MR) is 64.3 cm³/mol. The summed E-state index contributed by atoms with van der Waals surface area (Å²) < 4.78 is 0. The Morgan fingerprint density at radius 1 is 1.50 bits per heavy atom. The number of nitrogens with one attached hydrogen (secondary N) is 1. The summed E-state index contributed by atoms with van der Waals surface area (Å²) in [7, 11) is 0. The molecule has 0 aromatic rings. The van der Waals surface area contributed by atoms with E-state index in [0.29, 0.717) is 19.0 Å². The molecule has 0 saturated carbocycles. The molecule has 1 unspecified atom stereocenters. The molecule has 0 aliphatic heterocycles. The molecule has 94 valence electrons. The van der Waals surface area contributed by atoms with Crippen LogP contribution in [-0.2, 0) is 4.79 Å². The van der Waals surface area contributed by atoms with Crippen molar-refractivity contribution in [2.45, 2.75) is 39.7 Å². The van der Waals surface area contributed by atoms with Gasteiger partial charge in [0, 0.05) is 19.2 Å². The van der Waals surface area contributed by atoms with Crippen molar-refractivity contribution in [3.63, 3.8) is 0 Å². The van der Waals surface area contributed by atoms with Crippen LogP contribution in [0.3, 0.4) is 0 Å². The lowest BCUT2D eigenvalue weighted by molar-refractivity contribution is -0.131. The second kappa shape index (κ2) is 6.66. The van der Waals surface area contributed by atoms with Crippen molar-refractivity contribution in [2.75, 3.05) is 13.1 Å². The Morgan fingerprint density at radius 2 is 2.06 bits per heavy atom. The van der Waals surface area contributed by atoms with Gasteiger partial charge in [-0.25, -0.2) is 4.79 Å². The average molecular weight is 229 g/mol. The minimum Gasteiger partial charge on any atom is -0.478 e. The predicted octanol–water partition coefficient (Wildman–Crippen LogP) is 1.40. The number of aliphatic hydroxyl groups is 1. The van der Waals surface area contributed by atoms with Crippen LogP contribution < -0.4 is 5.32 Å². The van der Waals surface area contributed by atoms with Gasteiger partial charge in [0.2, 0.25) is 0 Å². The summed E-state index contributed by atoms with van der Waals surface area (Å²) >= 11 is 0. The highest BCUT2D eigenvalue weighted by atomic mass is 16.4. The summed E-state index contributed by atoms with van der Waals surface area (Å²) in [5.41, 5.74) is 0.00495. The van der Waals surface area contributed by atoms with E-state index in [-0.39, 0.29) is 0 Å². The zero-order valence-corrected chi connectivity index (χ0v) is 10.6. The maximum Gasteiger partial charge on any atom is 0.328 e. The van der Waals surface area contributed by atoms with Gasteiger partial charge < -0.3 is 15.5 Å². The van der Waals surface area contributed by atoms with Crippen LogP contribution >= 0.6 is 0 Å². The molecule has 0 aliphatic carbocycles. The van der Waals surface area contributed by atoms with E-state index in [1.165, 1.54) is 6.08 Å². The lowest BCUT2D eigenvalue weighted by Crippen LogP contribution is -2.39. The molecule has 16 heavy (non-hydrogen) atoms. The van der Waals surface area contributed by atoms with Gasteiger partial charge in [-0.3, -0.25) is 0 Å². The summed E-state index contributed by atoms with van der Waals surface area (Å²) in [5, 5.41) is 21.5. The minimum atomic E-state index is -0.937. The van der Waals surface area contributed by atoms with Crippen LogP contribution in [0.25, 0.3) is 0 Å². The van der Waals surface area contributed by atoms with Crippen LogP contribution in [0, 0.1) is 5.92 Å². The lowest BCUT2D eigenvalue weighted by atomic mass is 9.94. The lowest BCUT2D eigenvalue weighted by Gasteiger charge is -2.25. The Labute approximate surface area is 97.4 Å². The van der Waals surface area contributed by atoms with E-state index in [4.69, 9.17) is 5.11 Å². The highest BCUT2D eigenvalue weighted by Crippen LogP contribution is 2.14. The number of aliphatic carboxylic acids is 1. The van der Waals surface area contributed by atoms with Crippen LogP contribution in [0.2, 0.25) is 0 Å². The van der Waals surface area contributed by atoms with Crippen molar-refractivity contribution in [1.82, 2.24) is 5.32 Å². The van der Waals surface area contributed by atoms with E-state index in [2.05, 4.69) is 19.2 Å². The van der Waals surface area contributed by atoms with Crippen molar-refractivity contribution in [1.29, 1.82) is 0 Å². The molecule has 0 radical (unpaired) electrons. The van der Waals surface area contributed by atoms with E-state index in [1.807, 2.05) is 0 Å². The highest BCUT2D eigenvalue weighted by Gasteiger charge is 2.20. The Bertz CT molecular complexity index is 257. The number of hydrogen-bond donors (Lipinski definition) is 3. The summed E-state index contributed by atoms with van der Waals surface area (Å²) in [4.78, 5) is 10.4. The molecule has 0 amide bonds. The topological polar surface area (TPSA) is 69.6 Å². The largest absolute Gasteiger partial charge is 0.478 e. The summed E-state index contributed by atoms with van der Waals surface area (Å²) in [6.07, 6.45) is 1.89. The quantitative estimate of drug-likeness (QED) is 0.577. The van der Waals surface area contributed by atoms with Crippen molar-refractivity contribution < 1.29 is 15.0 Å². The van der Waals surface area contributed by atoms with E-state index in [9.17, 15) is 9.90 Å². The summed E-state index contributed by atoms with van der Waals surface area (Å²) in [6, 6.07) is 0. The Morgan fingerprint density at radius 3 is 2.50 bits per heavy atom. The molecule has 4 heteroatoms.